The van der Waals surface area contributed by atoms with Crippen LogP contribution in [0.5, 0.6) is 0 Å². The first-order valence-electron chi connectivity index (χ1n) is 7.66. The summed E-state index contributed by atoms with van der Waals surface area (Å²) in [6, 6.07) is 4.45. The summed E-state index contributed by atoms with van der Waals surface area (Å²) in [6.45, 7) is 0. The highest BCUT2D eigenvalue weighted by molar-refractivity contribution is 5.85. The Balaban J connectivity index is 1.79. The molecule has 1 fully saturated rings. The van der Waals surface area contributed by atoms with Crippen molar-refractivity contribution in [3.8, 4) is 0 Å². The number of pyridine rings is 1. The van der Waals surface area contributed by atoms with Gasteiger partial charge in [0.2, 0.25) is 0 Å². The molecule has 0 aromatic carbocycles. The Morgan fingerprint density at radius 1 is 1.09 bits per heavy atom. The SMILES string of the molecule is CN(c1ccncc1)c1ncnc2c1ncn2C1CCCC1. The van der Waals surface area contributed by atoms with Crippen LogP contribution in [0.2, 0.25) is 0 Å². The van der Waals surface area contributed by atoms with Crippen molar-refractivity contribution in [1.29, 1.82) is 0 Å². The molecule has 0 N–H and O–H groups in total. The number of imidazole rings is 1. The Labute approximate surface area is 128 Å². The first-order chi connectivity index (χ1) is 10.8. The molecule has 22 heavy (non-hydrogen) atoms. The van der Waals surface area contributed by atoms with E-state index < -0.39 is 0 Å². The van der Waals surface area contributed by atoms with E-state index in [2.05, 4.69) is 24.5 Å². The van der Waals surface area contributed by atoms with Crippen LogP contribution in [0, 0.1) is 0 Å². The molecule has 1 saturated carbocycles. The third kappa shape index (κ3) is 2.11. The molecular weight excluding hydrogens is 276 g/mol. The number of nitrogens with zero attached hydrogens (tertiary/aromatic N) is 6. The summed E-state index contributed by atoms with van der Waals surface area (Å²) in [7, 11) is 1.99. The zero-order valence-electron chi connectivity index (χ0n) is 12.6. The average molecular weight is 294 g/mol. The molecule has 0 atom stereocenters. The molecule has 0 saturated heterocycles. The van der Waals surface area contributed by atoms with Gasteiger partial charge in [-0.3, -0.25) is 4.98 Å². The van der Waals surface area contributed by atoms with Crippen molar-refractivity contribution in [2.24, 2.45) is 0 Å². The van der Waals surface area contributed by atoms with Gasteiger partial charge in [0.25, 0.3) is 0 Å². The van der Waals surface area contributed by atoms with E-state index in [4.69, 9.17) is 0 Å². The second kappa shape index (κ2) is 5.36. The fourth-order valence-electron chi connectivity index (χ4n) is 3.22. The lowest BCUT2D eigenvalue weighted by molar-refractivity contribution is 0.529. The van der Waals surface area contributed by atoms with Crippen molar-refractivity contribution in [2.75, 3.05) is 11.9 Å². The molecule has 1 aliphatic carbocycles. The molecule has 112 valence electrons. The maximum Gasteiger partial charge on any atom is 0.165 e. The maximum absolute atomic E-state index is 4.59. The molecule has 6 nitrogen and oxygen atoms in total. The van der Waals surface area contributed by atoms with Crippen LogP contribution in [0.15, 0.2) is 37.2 Å². The lowest BCUT2D eigenvalue weighted by Crippen LogP contribution is -2.12. The van der Waals surface area contributed by atoms with Crippen LogP contribution in [0.3, 0.4) is 0 Å². The van der Waals surface area contributed by atoms with E-state index in [0.717, 1.165) is 22.7 Å². The van der Waals surface area contributed by atoms with Gasteiger partial charge in [0.05, 0.1) is 6.33 Å². The second-order valence-corrected chi connectivity index (χ2v) is 5.72. The zero-order chi connectivity index (χ0) is 14.9. The van der Waals surface area contributed by atoms with Crippen LogP contribution in [0.25, 0.3) is 11.2 Å². The predicted molar refractivity (Wildman–Crippen MR) is 85.1 cm³/mol. The average Bonchev–Trinajstić information content (AvgIpc) is 3.23. The second-order valence-electron chi connectivity index (χ2n) is 5.72. The Kier molecular flexibility index (Phi) is 3.21. The Bertz CT molecular complexity index is 776. The molecule has 3 aromatic rings. The van der Waals surface area contributed by atoms with Crippen LogP contribution >= 0.6 is 0 Å². The van der Waals surface area contributed by atoms with Crippen molar-refractivity contribution in [2.45, 2.75) is 31.7 Å². The summed E-state index contributed by atoms with van der Waals surface area (Å²) in [4.78, 5) is 19.6. The van der Waals surface area contributed by atoms with Gasteiger partial charge in [0, 0.05) is 31.2 Å². The first kappa shape index (κ1) is 13.2. The van der Waals surface area contributed by atoms with E-state index >= 15 is 0 Å². The molecule has 0 spiro atoms. The third-order valence-electron chi connectivity index (χ3n) is 4.43. The molecule has 4 rings (SSSR count). The summed E-state index contributed by atoms with van der Waals surface area (Å²) in [6.07, 6.45) is 12.1. The maximum atomic E-state index is 4.59. The normalized spacial score (nSPS) is 15.5. The van der Waals surface area contributed by atoms with E-state index in [-0.39, 0.29) is 0 Å². The fourth-order valence-corrected chi connectivity index (χ4v) is 3.22. The van der Waals surface area contributed by atoms with Gasteiger partial charge in [0.1, 0.15) is 6.33 Å². The minimum absolute atomic E-state index is 0.527. The van der Waals surface area contributed by atoms with E-state index in [1.165, 1.54) is 25.7 Å². The molecule has 1 aliphatic rings. The van der Waals surface area contributed by atoms with Gasteiger partial charge in [-0.25, -0.2) is 15.0 Å². The minimum Gasteiger partial charge on any atom is -0.327 e. The quantitative estimate of drug-likeness (QED) is 0.743. The molecular formula is C16H18N6. The summed E-state index contributed by atoms with van der Waals surface area (Å²) < 4.78 is 2.22. The monoisotopic (exact) mass is 294 g/mol. The number of anilines is 2. The largest absolute Gasteiger partial charge is 0.327 e. The van der Waals surface area contributed by atoms with Gasteiger partial charge < -0.3 is 9.47 Å². The van der Waals surface area contributed by atoms with Gasteiger partial charge in [-0.2, -0.15) is 0 Å². The standard InChI is InChI=1S/C16H18N6/c1-21(12-6-8-17-9-7-12)15-14-16(19-10-18-15)22(11-20-14)13-4-2-3-5-13/h6-11,13H,2-5H2,1H3. The summed E-state index contributed by atoms with van der Waals surface area (Å²) >= 11 is 0. The van der Waals surface area contributed by atoms with Gasteiger partial charge in [-0.05, 0) is 25.0 Å². The highest BCUT2D eigenvalue weighted by Gasteiger charge is 2.21. The Morgan fingerprint density at radius 2 is 1.86 bits per heavy atom. The van der Waals surface area contributed by atoms with Gasteiger partial charge in [0.15, 0.2) is 17.0 Å². The van der Waals surface area contributed by atoms with Gasteiger partial charge in [-0.1, -0.05) is 12.8 Å². The molecule has 3 aromatic heterocycles. The lowest BCUT2D eigenvalue weighted by Gasteiger charge is -2.18. The van der Waals surface area contributed by atoms with E-state index in [0.29, 0.717) is 6.04 Å². The molecule has 6 heteroatoms. The topological polar surface area (TPSA) is 59.7 Å². The van der Waals surface area contributed by atoms with Crippen molar-refractivity contribution >= 4 is 22.7 Å². The third-order valence-corrected chi connectivity index (χ3v) is 4.43. The van der Waals surface area contributed by atoms with Gasteiger partial charge >= 0.3 is 0 Å². The van der Waals surface area contributed by atoms with E-state index in [1.54, 1.807) is 18.7 Å². The predicted octanol–water partition coefficient (Wildman–Crippen LogP) is 3.10. The molecule has 0 bridgehead atoms. The van der Waals surface area contributed by atoms with Gasteiger partial charge in [-0.15, -0.1) is 0 Å². The van der Waals surface area contributed by atoms with Crippen LogP contribution in [-0.2, 0) is 0 Å². The summed E-state index contributed by atoms with van der Waals surface area (Å²) in [5.74, 6) is 0.827. The number of hydrogen-bond acceptors (Lipinski definition) is 5. The first-order valence-corrected chi connectivity index (χ1v) is 7.66. The summed E-state index contributed by atoms with van der Waals surface area (Å²) in [5.41, 5.74) is 2.82. The van der Waals surface area contributed by atoms with Crippen molar-refractivity contribution < 1.29 is 0 Å². The van der Waals surface area contributed by atoms with Crippen LogP contribution in [0.1, 0.15) is 31.7 Å². The van der Waals surface area contributed by atoms with Crippen LogP contribution in [-0.4, -0.2) is 31.6 Å². The number of fused-ring (bicyclic) bond motifs is 1. The number of hydrogen-bond donors (Lipinski definition) is 0. The molecule has 0 unspecified atom stereocenters. The van der Waals surface area contributed by atoms with Crippen LogP contribution < -0.4 is 4.90 Å². The Hall–Kier alpha value is -2.50. The van der Waals surface area contributed by atoms with Crippen LogP contribution in [0.4, 0.5) is 11.5 Å². The molecule has 0 radical (unpaired) electrons. The van der Waals surface area contributed by atoms with E-state index in [1.807, 2.05) is 30.4 Å². The molecule has 0 amide bonds. The summed E-state index contributed by atoms with van der Waals surface area (Å²) in [5, 5.41) is 0. The molecule has 0 aliphatic heterocycles. The molecule has 3 heterocycles. The Morgan fingerprint density at radius 3 is 2.64 bits per heavy atom. The number of rotatable bonds is 3. The smallest absolute Gasteiger partial charge is 0.165 e. The van der Waals surface area contributed by atoms with Crippen molar-refractivity contribution in [3.05, 3.63) is 37.2 Å². The van der Waals surface area contributed by atoms with E-state index in [9.17, 15) is 0 Å². The minimum atomic E-state index is 0.527. The lowest BCUT2D eigenvalue weighted by atomic mass is 10.2. The van der Waals surface area contributed by atoms with Crippen molar-refractivity contribution in [3.63, 3.8) is 0 Å². The zero-order valence-corrected chi connectivity index (χ0v) is 12.6. The highest BCUT2D eigenvalue weighted by atomic mass is 15.2. The number of aromatic nitrogens is 5. The fraction of sp³-hybridized carbons (Fsp3) is 0.375. The van der Waals surface area contributed by atoms with Crippen molar-refractivity contribution in [1.82, 2.24) is 24.5 Å². The highest BCUT2D eigenvalue weighted by Crippen LogP contribution is 2.33.